The summed E-state index contributed by atoms with van der Waals surface area (Å²) in [5, 5.41) is 2.69. The largest absolute Gasteiger partial charge is 0.495 e. The van der Waals surface area contributed by atoms with Crippen LogP contribution in [-0.2, 0) is 4.79 Å². The molecule has 0 spiro atoms. The van der Waals surface area contributed by atoms with Crippen LogP contribution in [0.4, 0.5) is 5.69 Å². The first kappa shape index (κ1) is 16.4. The average Bonchev–Trinajstić information content (AvgIpc) is 2.53. The van der Waals surface area contributed by atoms with Crippen LogP contribution in [0, 0.1) is 6.92 Å². The van der Waals surface area contributed by atoms with Crippen molar-refractivity contribution in [3.8, 4) is 11.5 Å². The number of hydrogen-bond donors (Lipinski definition) is 2. The second-order valence-corrected chi connectivity index (χ2v) is 4.90. The minimum Gasteiger partial charge on any atom is -0.495 e. The van der Waals surface area contributed by atoms with Gasteiger partial charge in [-0.1, -0.05) is 18.2 Å². The molecule has 2 aromatic rings. The molecule has 0 atom stereocenters. The number of aryl methyl sites for hydroxylation is 1. The monoisotopic (exact) mass is 314 g/mol. The van der Waals surface area contributed by atoms with Crippen molar-refractivity contribution in [2.45, 2.75) is 6.92 Å². The Balaban J connectivity index is 2.05. The first-order valence-electron chi connectivity index (χ1n) is 6.97. The van der Waals surface area contributed by atoms with Crippen molar-refractivity contribution in [1.29, 1.82) is 0 Å². The molecule has 0 aliphatic heterocycles. The number of primary amides is 1. The lowest BCUT2D eigenvalue weighted by molar-refractivity contribution is -0.118. The first-order valence-corrected chi connectivity index (χ1v) is 6.97. The van der Waals surface area contributed by atoms with Crippen molar-refractivity contribution in [2.75, 3.05) is 19.0 Å². The zero-order valence-corrected chi connectivity index (χ0v) is 13.0. The fraction of sp³-hybridized carbons (Fsp3) is 0.176. The molecule has 0 heterocycles. The van der Waals surface area contributed by atoms with Crippen molar-refractivity contribution in [2.24, 2.45) is 5.73 Å². The number of methoxy groups -OCH3 is 1. The SMILES string of the molecule is COc1ccccc1NC(=O)COc1cc(C)ccc1C(N)=O. The van der Waals surface area contributed by atoms with Crippen LogP contribution < -0.4 is 20.5 Å². The van der Waals surface area contributed by atoms with E-state index < -0.39 is 5.91 Å². The Kier molecular flexibility index (Phi) is 5.19. The van der Waals surface area contributed by atoms with Gasteiger partial charge in [0.2, 0.25) is 0 Å². The summed E-state index contributed by atoms with van der Waals surface area (Å²) < 4.78 is 10.6. The predicted molar refractivity (Wildman–Crippen MR) is 86.8 cm³/mol. The summed E-state index contributed by atoms with van der Waals surface area (Å²) in [6, 6.07) is 12.0. The molecule has 6 heteroatoms. The molecule has 0 saturated carbocycles. The van der Waals surface area contributed by atoms with Crippen LogP contribution in [0.5, 0.6) is 11.5 Å². The molecule has 2 amide bonds. The van der Waals surface area contributed by atoms with Crippen LogP contribution in [0.25, 0.3) is 0 Å². The zero-order chi connectivity index (χ0) is 16.8. The molecular weight excluding hydrogens is 296 g/mol. The predicted octanol–water partition coefficient (Wildman–Crippen LogP) is 2.12. The van der Waals surface area contributed by atoms with Gasteiger partial charge < -0.3 is 20.5 Å². The van der Waals surface area contributed by atoms with Gasteiger partial charge in [-0.2, -0.15) is 0 Å². The lowest BCUT2D eigenvalue weighted by Gasteiger charge is -2.12. The second kappa shape index (κ2) is 7.31. The van der Waals surface area contributed by atoms with Gasteiger partial charge in [-0.15, -0.1) is 0 Å². The van der Waals surface area contributed by atoms with E-state index in [0.717, 1.165) is 5.56 Å². The number of rotatable bonds is 6. The summed E-state index contributed by atoms with van der Waals surface area (Å²) in [6.07, 6.45) is 0. The van der Waals surface area contributed by atoms with Gasteiger partial charge >= 0.3 is 0 Å². The summed E-state index contributed by atoms with van der Waals surface area (Å²) in [5.74, 6) is -0.140. The van der Waals surface area contributed by atoms with Gasteiger partial charge in [-0.3, -0.25) is 9.59 Å². The number of carbonyl (C=O) groups is 2. The molecule has 0 aliphatic carbocycles. The summed E-state index contributed by atoms with van der Waals surface area (Å²) in [6.45, 7) is 1.61. The molecule has 2 rings (SSSR count). The molecule has 2 aromatic carbocycles. The Morgan fingerprint density at radius 3 is 2.57 bits per heavy atom. The molecule has 0 aliphatic rings. The third kappa shape index (κ3) is 4.23. The minimum absolute atomic E-state index is 0.237. The van der Waals surface area contributed by atoms with Crippen LogP contribution in [0.3, 0.4) is 0 Å². The molecule has 0 radical (unpaired) electrons. The van der Waals surface area contributed by atoms with Gasteiger partial charge in [0.15, 0.2) is 6.61 Å². The Bertz CT molecular complexity index is 728. The summed E-state index contributed by atoms with van der Waals surface area (Å²) >= 11 is 0. The Morgan fingerprint density at radius 2 is 1.87 bits per heavy atom. The molecule has 120 valence electrons. The maximum Gasteiger partial charge on any atom is 0.262 e. The number of nitrogens with two attached hydrogens (primary N) is 1. The third-order valence-corrected chi connectivity index (χ3v) is 3.14. The van der Waals surface area contributed by atoms with E-state index in [2.05, 4.69) is 5.32 Å². The molecule has 0 aromatic heterocycles. The van der Waals surface area contributed by atoms with Crippen LogP contribution in [0.2, 0.25) is 0 Å². The molecule has 0 fully saturated rings. The van der Waals surface area contributed by atoms with Gasteiger partial charge in [-0.25, -0.2) is 0 Å². The molecule has 6 nitrogen and oxygen atoms in total. The standard InChI is InChI=1S/C17H18N2O4/c1-11-7-8-12(17(18)21)15(9-11)23-10-16(20)19-13-5-3-4-6-14(13)22-2/h3-9H,10H2,1-2H3,(H2,18,21)(H,19,20). The highest BCUT2D eigenvalue weighted by Crippen LogP contribution is 2.23. The van der Waals surface area contributed by atoms with E-state index in [1.807, 2.05) is 6.92 Å². The maximum absolute atomic E-state index is 12.0. The summed E-state index contributed by atoms with van der Waals surface area (Å²) in [7, 11) is 1.52. The van der Waals surface area contributed by atoms with Crippen LogP contribution in [0.15, 0.2) is 42.5 Å². The van der Waals surface area contributed by atoms with Gasteiger partial charge in [0, 0.05) is 0 Å². The number of hydrogen-bond acceptors (Lipinski definition) is 4. The molecule has 23 heavy (non-hydrogen) atoms. The number of carbonyl (C=O) groups excluding carboxylic acids is 2. The molecule has 0 saturated heterocycles. The number of para-hydroxylation sites is 2. The molecule has 0 unspecified atom stereocenters. The maximum atomic E-state index is 12.0. The molecule has 3 N–H and O–H groups in total. The second-order valence-electron chi connectivity index (χ2n) is 4.90. The summed E-state index contributed by atoms with van der Waals surface area (Å²) in [4.78, 5) is 23.4. The Morgan fingerprint density at radius 1 is 1.13 bits per heavy atom. The van der Waals surface area contributed by atoms with E-state index in [4.69, 9.17) is 15.2 Å². The lowest BCUT2D eigenvalue weighted by atomic mass is 10.1. The minimum atomic E-state index is -0.606. The Labute approximate surface area is 134 Å². The molecular formula is C17H18N2O4. The van der Waals surface area contributed by atoms with E-state index in [-0.39, 0.29) is 23.8 Å². The number of ether oxygens (including phenoxy) is 2. The van der Waals surface area contributed by atoms with E-state index in [9.17, 15) is 9.59 Å². The topological polar surface area (TPSA) is 90.7 Å². The van der Waals surface area contributed by atoms with Crippen molar-refractivity contribution in [3.05, 3.63) is 53.6 Å². The third-order valence-electron chi connectivity index (χ3n) is 3.14. The fourth-order valence-electron chi connectivity index (χ4n) is 2.03. The van der Waals surface area contributed by atoms with Gasteiger partial charge in [0.05, 0.1) is 18.4 Å². The highest BCUT2D eigenvalue weighted by molar-refractivity contribution is 5.96. The van der Waals surface area contributed by atoms with Gasteiger partial charge in [-0.05, 0) is 36.8 Å². The van der Waals surface area contributed by atoms with Gasteiger partial charge in [0.25, 0.3) is 11.8 Å². The van der Waals surface area contributed by atoms with E-state index in [1.165, 1.54) is 7.11 Å². The summed E-state index contributed by atoms with van der Waals surface area (Å²) in [5.41, 5.74) is 6.98. The quantitative estimate of drug-likeness (QED) is 0.854. The number of benzene rings is 2. The van der Waals surface area contributed by atoms with E-state index >= 15 is 0 Å². The van der Waals surface area contributed by atoms with Crippen LogP contribution in [-0.4, -0.2) is 25.5 Å². The van der Waals surface area contributed by atoms with Gasteiger partial charge in [0.1, 0.15) is 11.5 Å². The zero-order valence-electron chi connectivity index (χ0n) is 13.0. The molecule has 0 bridgehead atoms. The van der Waals surface area contributed by atoms with E-state index in [0.29, 0.717) is 11.4 Å². The highest BCUT2D eigenvalue weighted by atomic mass is 16.5. The number of nitrogens with one attached hydrogen (secondary N) is 1. The van der Waals surface area contributed by atoms with E-state index in [1.54, 1.807) is 42.5 Å². The number of amides is 2. The lowest BCUT2D eigenvalue weighted by Crippen LogP contribution is -2.22. The highest BCUT2D eigenvalue weighted by Gasteiger charge is 2.12. The van der Waals surface area contributed by atoms with Crippen molar-refractivity contribution < 1.29 is 19.1 Å². The first-order chi connectivity index (χ1) is 11.0. The number of anilines is 1. The van der Waals surface area contributed by atoms with Crippen LogP contribution >= 0.6 is 0 Å². The normalized spacial score (nSPS) is 10.0. The smallest absolute Gasteiger partial charge is 0.262 e. The van der Waals surface area contributed by atoms with Crippen LogP contribution in [0.1, 0.15) is 15.9 Å². The average molecular weight is 314 g/mol. The van der Waals surface area contributed by atoms with Crippen molar-refractivity contribution >= 4 is 17.5 Å². The van der Waals surface area contributed by atoms with Crippen molar-refractivity contribution in [3.63, 3.8) is 0 Å². The Hall–Kier alpha value is -3.02. The van der Waals surface area contributed by atoms with Crippen molar-refractivity contribution in [1.82, 2.24) is 0 Å². The fourth-order valence-corrected chi connectivity index (χ4v) is 2.03.